The third-order valence-corrected chi connectivity index (χ3v) is 4.89. The van der Waals surface area contributed by atoms with Gasteiger partial charge in [-0.3, -0.25) is 4.79 Å². The summed E-state index contributed by atoms with van der Waals surface area (Å²) >= 11 is 0. The minimum atomic E-state index is -3.25. The third kappa shape index (κ3) is 8.20. The van der Waals surface area contributed by atoms with E-state index in [4.69, 9.17) is 5.11 Å². The molecule has 0 aromatic heterocycles. The van der Waals surface area contributed by atoms with Gasteiger partial charge in [0.15, 0.2) is 9.84 Å². The molecule has 128 valence electrons. The van der Waals surface area contributed by atoms with E-state index >= 15 is 0 Å². The molecule has 0 aliphatic heterocycles. The Hall–Kier alpha value is -2.09. The van der Waals surface area contributed by atoms with Crippen molar-refractivity contribution in [2.75, 3.05) is 31.6 Å². The first-order valence-corrected chi connectivity index (χ1v) is 9.07. The van der Waals surface area contributed by atoms with Crippen LogP contribution in [-0.4, -0.2) is 62.1 Å². The van der Waals surface area contributed by atoms with Crippen LogP contribution in [0.3, 0.4) is 0 Å². The van der Waals surface area contributed by atoms with Gasteiger partial charge in [-0.2, -0.15) is 0 Å². The Kier molecular flexibility index (Phi) is 7.53. The van der Waals surface area contributed by atoms with Gasteiger partial charge in [0, 0.05) is 20.1 Å². The molecule has 0 aliphatic rings. The number of amides is 2. The third-order valence-electron chi connectivity index (χ3n) is 3.24. The lowest BCUT2D eigenvalue weighted by molar-refractivity contribution is -0.137. The predicted molar refractivity (Wildman–Crippen MR) is 87.1 cm³/mol. The summed E-state index contributed by atoms with van der Waals surface area (Å²) in [5.41, 5.74) is 0.952. The normalized spacial score (nSPS) is 11.0. The van der Waals surface area contributed by atoms with E-state index in [0.29, 0.717) is 6.42 Å². The Labute approximate surface area is 136 Å². The second kappa shape index (κ2) is 9.14. The van der Waals surface area contributed by atoms with Crippen LogP contribution in [0.4, 0.5) is 4.79 Å². The summed E-state index contributed by atoms with van der Waals surface area (Å²) in [4.78, 5) is 23.3. The van der Waals surface area contributed by atoms with E-state index in [9.17, 15) is 18.0 Å². The van der Waals surface area contributed by atoms with E-state index in [1.165, 1.54) is 11.9 Å². The lowest BCUT2D eigenvalue weighted by Gasteiger charge is -2.16. The molecule has 2 amide bonds. The number of carboxylic acids is 1. The highest BCUT2D eigenvalue weighted by Gasteiger charge is 2.14. The van der Waals surface area contributed by atoms with Gasteiger partial charge in [0.05, 0.1) is 17.9 Å². The van der Waals surface area contributed by atoms with Crippen molar-refractivity contribution in [3.63, 3.8) is 0 Å². The van der Waals surface area contributed by atoms with Crippen LogP contribution in [0.1, 0.15) is 12.0 Å². The number of rotatable bonds is 9. The van der Waals surface area contributed by atoms with E-state index in [0.717, 1.165) is 5.56 Å². The Bertz CT molecular complexity index is 616. The highest BCUT2D eigenvalue weighted by Crippen LogP contribution is 2.02. The smallest absolute Gasteiger partial charge is 0.317 e. The molecule has 23 heavy (non-hydrogen) atoms. The second-order valence-electron chi connectivity index (χ2n) is 5.18. The van der Waals surface area contributed by atoms with Crippen LogP contribution in [0, 0.1) is 0 Å². The number of benzene rings is 1. The average molecular weight is 342 g/mol. The Balaban J connectivity index is 2.30. The Morgan fingerprint density at radius 3 is 2.43 bits per heavy atom. The van der Waals surface area contributed by atoms with Gasteiger partial charge >= 0.3 is 12.0 Å². The summed E-state index contributed by atoms with van der Waals surface area (Å²) in [5.74, 6) is -1.10. The zero-order valence-corrected chi connectivity index (χ0v) is 13.9. The highest BCUT2D eigenvalue weighted by atomic mass is 32.2. The first-order chi connectivity index (χ1) is 10.8. The molecule has 0 heterocycles. The number of aliphatic carboxylic acids is 1. The molecule has 1 aromatic rings. The maximum atomic E-state index is 11.9. The van der Waals surface area contributed by atoms with E-state index in [-0.39, 0.29) is 31.0 Å². The fourth-order valence-electron chi connectivity index (χ4n) is 1.83. The summed E-state index contributed by atoms with van der Waals surface area (Å²) in [6.07, 6.45) is 0.287. The van der Waals surface area contributed by atoms with Gasteiger partial charge in [-0.15, -0.1) is 0 Å². The lowest BCUT2D eigenvalue weighted by atomic mass is 10.2. The summed E-state index contributed by atoms with van der Waals surface area (Å²) in [6, 6.07) is 8.84. The summed E-state index contributed by atoms with van der Waals surface area (Å²) < 4.78 is 23.9. The highest BCUT2D eigenvalue weighted by molar-refractivity contribution is 7.91. The number of sulfone groups is 1. The number of aryl methyl sites for hydroxylation is 1. The fourth-order valence-corrected chi connectivity index (χ4v) is 3.00. The van der Waals surface area contributed by atoms with Crippen LogP contribution >= 0.6 is 0 Å². The first-order valence-electron chi connectivity index (χ1n) is 7.25. The van der Waals surface area contributed by atoms with E-state index in [1.54, 1.807) is 0 Å². The quantitative estimate of drug-likeness (QED) is 0.689. The van der Waals surface area contributed by atoms with Gasteiger partial charge in [-0.25, -0.2) is 13.2 Å². The molecule has 0 saturated carbocycles. The van der Waals surface area contributed by atoms with E-state index < -0.39 is 21.8 Å². The molecular formula is C15H22N2O5S. The average Bonchev–Trinajstić information content (AvgIpc) is 2.51. The van der Waals surface area contributed by atoms with Gasteiger partial charge in [0.25, 0.3) is 0 Å². The number of hydrogen-bond donors (Lipinski definition) is 2. The summed E-state index contributed by atoms with van der Waals surface area (Å²) in [7, 11) is -1.79. The molecule has 1 aromatic carbocycles. The van der Waals surface area contributed by atoms with Crippen molar-refractivity contribution in [3.8, 4) is 0 Å². The molecule has 0 bridgehead atoms. The number of urea groups is 1. The Morgan fingerprint density at radius 2 is 1.83 bits per heavy atom. The number of nitrogens with one attached hydrogen (secondary N) is 1. The maximum absolute atomic E-state index is 11.9. The molecular weight excluding hydrogens is 320 g/mol. The molecule has 8 heteroatoms. The van der Waals surface area contributed by atoms with Gasteiger partial charge in [-0.05, 0) is 12.0 Å². The Morgan fingerprint density at radius 1 is 1.17 bits per heavy atom. The van der Waals surface area contributed by atoms with Crippen molar-refractivity contribution in [1.29, 1.82) is 0 Å². The monoisotopic (exact) mass is 342 g/mol. The second-order valence-corrected chi connectivity index (χ2v) is 7.49. The van der Waals surface area contributed by atoms with Crippen molar-refractivity contribution in [3.05, 3.63) is 35.9 Å². The molecule has 0 aliphatic carbocycles. The van der Waals surface area contributed by atoms with Crippen molar-refractivity contribution >= 4 is 21.8 Å². The molecule has 0 spiro atoms. The van der Waals surface area contributed by atoms with Crippen molar-refractivity contribution in [1.82, 2.24) is 10.2 Å². The molecule has 0 unspecified atom stereocenters. The van der Waals surface area contributed by atoms with Crippen LogP contribution in [-0.2, 0) is 21.1 Å². The SMILES string of the molecule is CN(CCC(=O)O)C(=O)NCCS(=O)(=O)CCc1ccccc1. The summed E-state index contributed by atoms with van der Waals surface area (Å²) in [5, 5.41) is 11.0. The van der Waals surface area contributed by atoms with Crippen LogP contribution in [0.5, 0.6) is 0 Å². The molecule has 0 fully saturated rings. The van der Waals surface area contributed by atoms with Crippen molar-refractivity contribution in [2.24, 2.45) is 0 Å². The topological polar surface area (TPSA) is 104 Å². The minimum absolute atomic E-state index is 0.00731. The zero-order valence-electron chi connectivity index (χ0n) is 13.1. The largest absolute Gasteiger partial charge is 0.481 e. The van der Waals surface area contributed by atoms with E-state index in [2.05, 4.69) is 5.32 Å². The van der Waals surface area contributed by atoms with Crippen molar-refractivity contribution in [2.45, 2.75) is 12.8 Å². The molecule has 2 N–H and O–H groups in total. The molecule has 0 saturated heterocycles. The fraction of sp³-hybridized carbons (Fsp3) is 0.467. The number of carbonyl (C=O) groups is 2. The summed E-state index contributed by atoms with van der Waals surface area (Å²) in [6.45, 7) is 0.0787. The standard InChI is InChI=1S/C15H22N2O5S/c1-17(10-7-14(18)19)15(20)16-9-12-23(21,22)11-8-13-5-3-2-4-6-13/h2-6H,7-12H2,1H3,(H,16,20)(H,18,19). The molecule has 0 atom stereocenters. The van der Waals surface area contributed by atoms with Gasteiger partial charge in [0.2, 0.25) is 0 Å². The van der Waals surface area contributed by atoms with Gasteiger partial charge in [-0.1, -0.05) is 30.3 Å². The number of nitrogens with zero attached hydrogens (tertiary/aromatic N) is 1. The molecule has 1 rings (SSSR count). The van der Waals surface area contributed by atoms with Gasteiger partial charge < -0.3 is 15.3 Å². The minimum Gasteiger partial charge on any atom is -0.481 e. The van der Waals surface area contributed by atoms with Crippen LogP contribution < -0.4 is 5.32 Å². The van der Waals surface area contributed by atoms with Gasteiger partial charge in [0.1, 0.15) is 0 Å². The van der Waals surface area contributed by atoms with E-state index in [1.807, 2.05) is 30.3 Å². The first kappa shape index (κ1) is 19.0. The number of carbonyl (C=O) groups excluding carboxylic acids is 1. The van der Waals surface area contributed by atoms with Crippen LogP contribution in [0.2, 0.25) is 0 Å². The lowest BCUT2D eigenvalue weighted by Crippen LogP contribution is -2.40. The zero-order chi connectivity index (χ0) is 17.3. The number of hydrogen-bond acceptors (Lipinski definition) is 4. The van der Waals surface area contributed by atoms with Crippen LogP contribution in [0.25, 0.3) is 0 Å². The van der Waals surface area contributed by atoms with Crippen LogP contribution in [0.15, 0.2) is 30.3 Å². The molecule has 0 radical (unpaired) electrons. The van der Waals surface area contributed by atoms with Crippen molar-refractivity contribution < 1.29 is 23.1 Å². The molecule has 7 nitrogen and oxygen atoms in total. The maximum Gasteiger partial charge on any atom is 0.317 e. The predicted octanol–water partition coefficient (Wildman–Crippen LogP) is 0.760. The number of carboxylic acid groups (broad SMARTS) is 1.